The van der Waals surface area contributed by atoms with Crippen LogP contribution < -0.4 is 5.32 Å². The molecule has 0 fully saturated rings. The third kappa shape index (κ3) is 4.52. The quantitative estimate of drug-likeness (QED) is 0.903. The highest BCUT2D eigenvalue weighted by Crippen LogP contribution is 2.29. The van der Waals surface area contributed by atoms with Crippen molar-refractivity contribution in [2.24, 2.45) is 5.92 Å². The molecule has 0 aliphatic heterocycles. The Bertz CT molecular complexity index is 443. The molecular weight excluding hydrogens is 269 g/mol. The first-order valence-corrected chi connectivity index (χ1v) is 6.31. The number of carbonyl (C=O) groups excluding carboxylic acids is 1. The van der Waals surface area contributed by atoms with Crippen LogP contribution in [-0.2, 0) is 17.5 Å². The van der Waals surface area contributed by atoms with Crippen LogP contribution in [0.1, 0.15) is 18.1 Å². The summed E-state index contributed by atoms with van der Waals surface area (Å²) in [7, 11) is 3.41. The van der Waals surface area contributed by atoms with Crippen LogP contribution in [0.5, 0.6) is 0 Å². The SMILES string of the molecule is CNCC(C)C(=O)N(C)Cc1ccc(C(F)(F)F)cc1. The molecule has 0 bridgehead atoms. The van der Waals surface area contributed by atoms with Crippen LogP contribution >= 0.6 is 0 Å². The summed E-state index contributed by atoms with van der Waals surface area (Å²) in [6, 6.07) is 4.86. The summed E-state index contributed by atoms with van der Waals surface area (Å²) in [5, 5.41) is 2.92. The van der Waals surface area contributed by atoms with Gasteiger partial charge in [0.15, 0.2) is 0 Å². The Hall–Kier alpha value is -1.56. The van der Waals surface area contributed by atoms with Crippen LogP contribution in [0.25, 0.3) is 0 Å². The maximum atomic E-state index is 12.4. The Labute approximate surface area is 116 Å². The molecule has 1 unspecified atom stereocenters. The molecule has 0 saturated carbocycles. The maximum Gasteiger partial charge on any atom is 0.416 e. The summed E-state index contributed by atoms with van der Waals surface area (Å²) >= 11 is 0. The fourth-order valence-electron chi connectivity index (χ4n) is 1.92. The average Bonchev–Trinajstić information content (AvgIpc) is 2.37. The van der Waals surface area contributed by atoms with Gasteiger partial charge in [-0.3, -0.25) is 4.79 Å². The molecule has 112 valence electrons. The van der Waals surface area contributed by atoms with Crippen LogP contribution in [0, 0.1) is 5.92 Å². The average molecular weight is 288 g/mol. The van der Waals surface area contributed by atoms with Crippen molar-refractivity contribution in [3.63, 3.8) is 0 Å². The normalized spacial score (nSPS) is 13.1. The zero-order chi connectivity index (χ0) is 15.3. The van der Waals surface area contributed by atoms with Gasteiger partial charge in [-0.2, -0.15) is 13.2 Å². The van der Waals surface area contributed by atoms with E-state index in [9.17, 15) is 18.0 Å². The topological polar surface area (TPSA) is 32.3 Å². The van der Waals surface area contributed by atoms with Gasteiger partial charge >= 0.3 is 6.18 Å². The molecule has 0 saturated heterocycles. The van der Waals surface area contributed by atoms with E-state index >= 15 is 0 Å². The Morgan fingerprint density at radius 2 is 1.85 bits per heavy atom. The summed E-state index contributed by atoms with van der Waals surface area (Å²) in [6.45, 7) is 2.67. The molecule has 0 radical (unpaired) electrons. The lowest BCUT2D eigenvalue weighted by Crippen LogP contribution is -2.35. The second-order valence-corrected chi connectivity index (χ2v) is 4.85. The van der Waals surface area contributed by atoms with Crippen molar-refractivity contribution >= 4 is 5.91 Å². The Balaban J connectivity index is 2.67. The van der Waals surface area contributed by atoms with Crippen LogP contribution in [0.15, 0.2) is 24.3 Å². The largest absolute Gasteiger partial charge is 0.416 e. The highest BCUT2D eigenvalue weighted by Gasteiger charge is 2.30. The Kier molecular flexibility index (Phi) is 5.56. The van der Waals surface area contributed by atoms with E-state index < -0.39 is 11.7 Å². The molecule has 1 rings (SSSR count). The van der Waals surface area contributed by atoms with E-state index in [-0.39, 0.29) is 11.8 Å². The molecule has 20 heavy (non-hydrogen) atoms. The first kappa shape index (κ1) is 16.5. The van der Waals surface area contributed by atoms with Crippen molar-refractivity contribution < 1.29 is 18.0 Å². The van der Waals surface area contributed by atoms with Crippen molar-refractivity contribution in [2.45, 2.75) is 19.6 Å². The van der Waals surface area contributed by atoms with E-state index in [4.69, 9.17) is 0 Å². The second-order valence-electron chi connectivity index (χ2n) is 4.85. The fourth-order valence-corrected chi connectivity index (χ4v) is 1.92. The van der Waals surface area contributed by atoms with E-state index in [0.29, 0.717) is 18.7 Å². The predicted molar refractivity (Wildman–Crippen MR) is 71.0 cm³/mol. The lowest BCUT2D eigenvalue weighted by Gasteiger charge is -2.21. The van der Waals surface area contributed by atoms with Crippen molar-refractivity contribution in [3.05, 3.63) is 35.4 Å². The number of amides is 1. The van der Waals surface area contributed by atoms with E-state index in [0.717, 1.165) is 12.1 Å². The Morgan fingerprint density at radius 3 is 2.30 bits per heavy atom. The molecule has 0 aliphatic carbocycles. The first-order chi connectivity index (χ1) is 9.25. The van der Waals surface area contributed by atoms with Crippen LogP contribution in [0.3, 0.4) is 0 Å². The number of nitrogens with one attached hydrogen (secondary N) is 1. The summed E-state index contributed by atoms with van der Waals surface area (Å²) in [6.07, 6.45) is -4.33. The monoisotopic (exact) mass is 288 g/mol. The molecule has 6 heteroatoms. The third-order valence-electron chi connectivity index (χ3n) is 3.01. The molecule has 1 aromatic carbocycles. The molecule has 0 aliphatic rings. The van der Waals surface area contributed by atoms with Gasteiger partial charge in [0.05, 0.1) is 5.56 Å². The van der Waals surface area contributed by atoms with Crippen molar-refractivity contribution in [2.75, 3.05) is 20.6 Å². The van der Waals surface area contributed by atoms with E-state index in [2.05, 4.69) is 5.32 Å². The number of rotatable bonds is 5. The second kappa shape index (κ2) is 6.74. The van der Waals surface area contributed by atoms with Gasteiger partial charge in [0, 0.05) is 26.1 Å². The number of alkyl halides is 3. The Morgan fingerprint density at radius 1 is 1.30 bits per heavy atom. The van der Waals surface area contributed by atoms with Crippen LogP contribution in [0.2, 0.25) is 0 Å². The van der Waals surface area contributed by atoms with Gasteiger partial charge in [-0.05, 0) is 24.7 Å². The lowest BCUT2D eigenvalue weighted by atomic mass is 10.1. The lowest BCUT2D eigenvalue weighted by molar-refractivity contribution is -0.137. The number of halogens is 3. The van der Waals surface area contributed by atoms with Crippen molar-refractivity contribution in [1.29, 1.82) is 0 Å². The molecular formula is C14H19F3N2O. The number of carbonyl (C=O) groups is 1. The molecule has 1 N–H and O–H groups in total. The third-order valence-corrected chi connectivity index (χ3v) is 3.01. The van der Waals surface area contributed by atoms with Gasteiger partial charge < -0.3 is 10.2 Å². The van der Waals surface area contributed by atoms with E-state index in [1.165, 1.54) is 17.0 Å². The van der Waals surface area contributed by atoms with Crippen molar-refractivity contribution in [3.8, 4) is 0 Å². The summed E-state index contributed by atoms with van der Waals surface area (Å²) in [5.41, 5.74) is -0.00992. The van der Waals surface area contributed by atoms with Gasteiger partial charge in [-0.25, -0.2) is 0 Å². The number of hydrogen-bond acceptors (Lipinski definition) is 2. The highest BCUT2D eigenvalue weighted by molar-refractivity contribution is 5.78. The molecule has 1 amide bonds. The zero-order valence-electron chi connectivity index (χ0n) is 11.8. The fraction of sp³-hybridized carbons (Fsp3) is 0.500. The minimum absolute atomic E-state index is 0.0424. The summed E-state index contributed by atoms with van der Waals surface area (Å²) in [4.78, 5) is 13.5. The zero-order valence-corrected chi connectivity index (χ0v) is 11.8. The minimum atomic E-state index is -4.33. The van der Waals surface area contributed by atoms with E-state index in [1.54, 1.807) is 14.1 Å². The number of nitrogens with zero attached hydrogens (tertiary/aromatic N) is 1. The van der Waals surface area contributed by atoms with Gasteiger partial charge in [0.1, 0.15) is 0 Å². The van der Waals surface area contributed by atoms with Gasteiger partial charge in [0.25, 0.3) is 0 Å². The molecule has 0 spiro atoms. The highest BCUT2D eigenvalue weighted by atomic mass is 19.4. The van der Waals surface area contributed by atoms with Gasteiger partial charge in [-0.15, -0.1) is 0 Å². The minimum Gasteiger partial charge on any atom is -0.341 e. The first-order valence-electron chi connectivity index (χ1n) is 6.31. The molecule has 0 heterocycles. The van der Waals surface area contributed by atoms with Crippen LogP contribution in [0.4, 0.5) is 13.2 Å². The molecule has 0 aromatic heterocycles. The summed E-state index contributed by atoms with van der Waals surface area (Å²) in [5.74, 6) is -0.210. The van der Waals surface area contributed by atoms with E-state index in [1.807, 2.05) is 6.92 Å². The van der Waals surface area contributed by atoms with Crippen molar-refractivity contribution in [1.82, 2.24) is 10.2 Å². The molecule has 3 nitrogen and oxygen atoms in total. The van der Waals surface area contributed by atoms with Gasteiger partial charge in [0.2, 0.25) is 5.91 Å². The summed E-state index contributed by atoms with van der Waals surface area (Å²) < 4.78 is 37.3. The van der Waals surface area contributed by atoms with Crippen LogP contribution in [-0.4, -0.2) is 31.4 Å². The van der Waals surface area contributed by atoms with Gasteiger partial charge in [-0.1, -0.05) is 19.1 Å². The smallest absolute Gasteiger partial charge is 0.341 e. The molecule has 1 aromatic rings. The number of hydrogen-bond donors (Lipinski definition) is 1. The predicted octanol–water partition coefficient (Wildman–Crippen LogP) is 2.52. The number of benzene rings is 1. The molecule has 1 atom stereocenters. The standard InChI is InChI=1S/C14H19F3N2O/c1-10(8-18-2)13(20)19(3)9-11-4-6-12(7-5-11)14(15,16)17/h4-7,10,18H,8-9H2,1-3H3. The maximum absolute atomic E-state index is 12.4.